The van der Waals surface area contributed by atoms with E-state index in [0.29, 0.717) is 19.3 Å². The molecule has 1 amide bonds. The van der Waals surface area contributed by atoms with Crippen LogP contribution >= 0.6 is 12.4 Å². The molecule has 2 rings (SSSR count). The molecule has 1 N–H and O–H groups in total. The number of likely N-dealkylation sites (tertiary alicyclic amines) is 1. The number of methoxy groups -OCH3 is 1. The normalized spacial score (nSPS) is 15.1. The molecule has 5 nitrogen and oxygen atoms in total. The third kappa shape index (κ3) is 6.01. The maximum Gasteiger partial charge on any atom is 0.253 e. The molecule has 1 aromatic carbocycles. The maximum absolute atomic E-state index is 12.5. The van der Waals surface area contributed by atoms with E-state index in [0.717, 1.165) is 43.7 Å². The molecule has 1 fully saturated rings. The summed E-state index contributed by atoms with van der Waals surface area (Å²) in [5.41, 5.74) is 0.729. The van der Waals surface area contributed by atoms with Gasteiger partial charge >= 0.3 is 0 Å². The zero-order valence-electron chi connectivity index (χ0n) is 13.9. The summed E-state index contributed by atoms with van der Waals surface area (Å²) in [6.45, 7) is 2.96. The Labute approximate surface area is 144 Å². The van der Waals surface area contributed by atoms with E-state index >= 15 is 0 Å². The minimum Gasteiger partial charge on any atom is -0.494 e. The third-order valence-electron chi connectivity index (χ3n) is 4.05. The molecule has 0 bridgehead atoms. The van der Waals surface area contributed by atoms with Crippen molar-refractivity contribution >= 4 is 18.3 Å². The summed E-state index contributed by atoms with van der Waals surface area (Å²) >= 11 is 0. The van der Waals surface area contributed by atoms with Crippen LogP contribution in [0.5, 0.6) is 5.75 Å². The van der Waals surface area contributed by atoms with E-state index < -0.39 is 0 Å². The van der Waals surface area contributed by atoms with Crippen molar-refractivity contribution < 1.29 is 14.3 Å². The van der Waals surface area contributed by atoms with Gasteiger partial charge in [-0.3, -0.25) is 4.79 Å². The summed E-state index contributed by atoms with van der Waals surface area (Å²) in [5.74, 6) is 0.905. The van der Waals surface area contributed by atoms with Crippen LogP contribution in [0.15, 0.2) is 24.3 Å². The quantitative estimate of drug-likeness (QED) is 0.773. The van der Waals surface area contributed by atoms with Gasteiger partial charge in [-0.25, -0.2) is 0 Å². The average molecular weight is 343 g/mol. The fourth-order valence-corrected chi connectivity index (χ4v) is 2.64. The van der Waals surface area contributed by atoms with Gasteiger partial charge < -0.3 is 19.7 Å². The smallest absolute Gasteiger partial charge is 0.253 e. The van der Waals surface area contributed by atoms with Crippen molar-refractivity contribution in [3.63, 3.8) is 0 Å². The third-order valence-corrected chi connectivity index (χ3v) is 4.05. The van der Waals surface area contributed by atoms with Crippen LogP contribution in [0, 0.1) is 0 Å². The van der Waals surface area contributed by atoms with Gasteiger partial charge in [0.1, 0.15) is 5.75 Å². The molecule has 1 saturated heterocycles. The monoisotopic (exact) mass is 342 g/mol. The highest BCUT2D eigenvalue weighted by Crippen LogP contribution is 2.17. The van der Waals surface area contributed by atoms with Gasteiger partial charge in [-0.05, 0) is 44.2 Å². The highest BCUT2D eigenvalue weighted by Gasteiger charge is 2.22. The minimum atomic E-state index is 0. The molecule has 23 heavy (non-hydrogen) atoms. The van der Waals surface area contributed by atoms with Crippen LogP contribution in [0.2, 0.25) is 0 Å². The molecule has 1 heterocycles. The van der Waals surface area contributed by atoms with Gasteiger partial charge in [0, 0.05) is 44.8 Å². The van der Waals surface area contributed by atoms with E-state index in [1.54, 1.807) is 7.11 Å². The first kappa shape index (κ1) is 19.7. The Kier molecular flexibility index (Phi) is 8.99. The number of rotatable bonds is 7. The lowest BCUT2D eigenvalue weighted by molar-refractivity contribution is 0.0707. The summed E-state index contributed by atoms with van der Waals surface area (Å²) in [6, 6.07) is 7.95. The molecular formula is C17H27ClN2O3. The molecule has 130 valence electrons. The number of amides is 1. The van der Waals surface area contributed by atoms with E-state index in [1.165, 1.54) is 0 Å². The predicted octanol–water partition coefficient (Wildman–Crippen LogP) is 2.35. The topological polar surface area (TPSA) is 50.8 Å². The second-order valence-corrected chi connectivity index (χ2v) is 5.57. The number of nitrogens with zero attached hydrogens (tertiary/aromatic N) is 1. The van der Waals surface area contributed by atoms with E-state index in [1.807, 2.05) is 36.2 Å². The Morgan fingerprint density at radius 2 is 1.87 bits per heavy atom. The Morgan fingerprint density at radius 1 is 1.22 bits per heavy atom. The number of nitrogens with one attached hydrogen (secondary N) is 1. The van der Waals surface area contributed by atoms with Crippen LogP contribution in [0.3, 0.4) is 0 Å². The number of piperidine rings is 1. The lowest BCUT2D eigenvalue weighted by Crippen LogP contribution is -2.43. The SMILES string of the molecule is CNC1CCN(C(=O)c2ccc(OCCCOC)cc2)CC1.Cl. The van der Waals surface area contributed by atoms with Crippen molar-refractivity contribution in [1.29, 1.82) is 0 Å². The lowest BCUT2D eigenvalue weighted by atomic mass is 10.0. The zero-order valence-corrected chi connectivity index (χ0v) is 14.7. The van der Waals surface area contributed by atoms with Crippen LogP contribution in [-0.2, 0) is 4.74 Å². The number of carbonyl (C=O) groups excluding carboxylic acids is 1. The Balaban J connectivity index is 0.00000264. The van der Waals surface area contributed by atoms with Gasteiger partial charge in [0.15, 0.2) is 0 Å². The number of hydrogen-bond acceptors (Lipinski definition) is 4. The summed E-state index contributed by atoms with van der Waals surface area (Å²) in [7, 11) is 3.66. The Hall–Kier alpha value is -1.30. The Morgan fingerprint density at radius 3 is 2.43 bits per heavy atom. The van der Waals surface area contributed by atoms with Crippen molar-refractivity contribution in [2.24, 2.45) is 0 Å². The fraction of sp³-hybridized carbons (Fsp3) is 0.588. The van der Waals surface area contributed by atoms with Crippen LogP contribution in [0.1, 0.15) is 29.6 Å². The standard InChI is InChI=1S/C17H26N2O3.ClH/c1-18-15-8-10-19(11-9-15)17(20)14-4-6-16(7-5-14)22-13-3-12-21-2;/h4-7,15,18H,3,8-13H2,1-2H3;1H. The molecule has 0 spiro atoms. The highest BCUT2D eigenvalue weighted by atomic mass is 35.5. The van der Waals surface area contributed by atoms with Crippen LogP contribution in [-0.4, -0.2) is 57.3 Å². The lowest BCUT2D eigenvalue weighted by Gasteiger charge is -2.31. The molecule has 1 aliphatic rings. The van der Waals surface area contributed by atoms with Gasteiger partial charge in [0.05, 0.1) is 6.61 Å². The molecule has 1 aliphatic heterocycles. The molecule has 0 atom stereocenters. The summed E-state index contributed by atoms with van der Waals surface area (Å²) in [5, 5.41) is 3.28. The van der Waals surface area contributed by atoms with Crippen molar-refractivity contribution in [3.05, 3.63) is 29.8 Å². The fourth-order valence-electron chi connectivity index (χ4n) is 2.64. The van der Waals surface area contributed by atoms with Crippen molar-refractivity contribution in [2.45, 2.75) is 25.3 Å². The molecule has 1 aromatic rings. The molecule has 6 heteroatoms. The first-order valence-electron chi connectivity index (χ1n) is 7.93. The zero-order chi connectivity index (χ0) is 15.8. The van der Waals surface area contributed by atoms with E-state index in [9.17, 15) is 4.79 Å². The molecule has 0 aliphatic carbocycles. The van der Waals surface area contributed by atoms with E-state index in [-0.39, 0.29) is 18.3 Å². The molecular weight excluding hydrogens is 316 g/mol. The molecule has 0 aromatic heterocycles. The number of halogens is 1. The minimum absolute atomic E-state index is 0. The van der Waals surface area contributed by atoms with Gasteiger partial charge in [-0.15, -0.1) is 12.4 Å². The van der Waals surface area contributed by atoms with E-state index in [4.69, 9.17) is 9.47 Å². The van der Waals surface area contributed by atoms with Gasteiger partial charge in [-0.2, -0.15) is 0 Å². The van der Waals surface area contributed by atoms with Crippen molar-refractivity contribution in [1.82, 2.24) is 10.2 Å². The first-order chi connectivity index (χ1) is 10.7. The maximum atomic E-state index is 12.5. The number of benzene rings is 1. The largest absolute Gasteiger partial charge is 0.494 e. The highest BCUT2D eigenvalue weighted by molar-refractivity contribution is 5.94. The average Bonchev–Trinajstić information content (AvgIpc) is 2.59. The van der Waals surface area contributed by atoms with Crippen molar-refractivity contribution in [2.75, 3.05) is 40.5 Å². The predicted molar refractivity (Wildman–Crippen MR) is 93.7 cm³/mol. The van der Waals surface area contributed by atoms with E-state index in [2.05, 4.69) is 5.32 Å². The summed E-state index contributed by atoms with van der Waals surface area (Å²) in [6.07, 6.45) is 2.89. The number of ether oxygens (including phenoxy) is 2. The molecule has 0 unspecified atom stereocenters. The van der Waals surface area contributed by atoms with Crippen LogP contribution in [0.25, 0.3) is 0 Å². The summed E-state index contributed by atoms with van der Waals surface area (Å²) < 4.78 is 10.6. The molecule has 0 radical (unpaired) electrons. The number of hydrogen-bond donors (Lipinski definition) is 1. The van der Waals surface area contributed by atoms with Crippen LogP contribution in [0.4, 0.5) is 0 Å². The van der Waals surface area contributed by atoms with Crippen LogP contribution < -0.4 is 10.1 Å². The van der Waals surface area contributed by atoms with Gasteiger partial charge in [0.2, 0.25) is 0 Å². The first-order valence-corrected chi connectivity index (χ1v) is 7.93. The number of carbonyl (C=O) groups is 1. The molecule has 0 saturated carbocycles. The second kappa shape index (κ2) is 10.5. The Bertz CT molecular complexity index is 459. The second-order valence-electron chi connectivity index (χ2n) is 5.57. The summed E-state index contributed by atoms with van der Waals surface area (Å²) in [4.78, 5) is 14.4. The van der Waals surface area contributed by atoms with Gasteiger partial charge in [0.25, 0.3) is 5.91 Å². The van der Waals surface area contributed by atoms with Gasteiger partial charge in [-0.1, -0.05) is 0 Å². The van der Waals surface area contributed by atoms with Crippen molar-refractivity contribution in [3.8, 4) is 5.75 Å².